The summed E-state index contributed by atoms with van der Waals surface area (Å²) in [5, 5.41) is 2.51. The monoisotopic (exact) mass is 435 g/mol. The van der Waals surface area contributed by atoms with Crippen molar-refractivity contribution in [1.29, 1.82) is 0 Å². The van der Waals surface area contributed by atoms with Crippen LogP contribution in [0.2, 0.25) is 0 Å². The zero-order valence-corrected chi connectivity index (χ0v) is 19.0. The first-order valence-electron chi connectivity index (χ1n) is 11.7. The lowest BCUT2D eigenvalue weighted by Gasteiger charge is -2.29. The molecule has 2 atom stereocenters. The highest BCUT2D eigenvalue weighted by atomic mass is 16.5. The number of aliphatic imine (C=N–C) groups is 1. The molecule has 32 heavy (non-hydrogen) atoms. The van der Waals surface area contributed by atoms with Crippen molar-refractivity contribution in [2.75, 3.05) is 13.7 Å². The number of pyridine rings is 1. The quantitative estimate of drug-likeness (QED) is 0.579. The highest BCUT2D eigenvalue weighted by Crippen LogP contribution is 2.32. The predicted molar refractivity (Wildman–Crippen MR) is 126 cm³/mol. The highest BCUT2D eigenvalue weighted by Gasteiger charge is 2.24. The number of urea groups is 1. The Bertz CT molecular complexity index is 938. The number of rotatable bonds is 8. The fraction of sp³-hybridized carbons (Fsp3) is 0.500. The van der Waals surface area contributed by atoms with E-state index in [0.29, 0.717) is 11.6 Å². The molecule has 6 heteroatoms. The molecule has 1 heterocycles. The first-order chi connectivity index (χ1) is 15.6. The van der Waals surface area contributed by atoms with Crippen LogP contribution < -0.4 is 14.8 Å². The normalized spacial score (nSPS) is 21.1. The number of nitrogens with zero attached hydrogens (tertiary/aromatic N) is 2. The molecular weight excluding hydrogens is 402 g/mol. The molecule has 2 amide bonds. The maximum Gasteiger partial charge on any atom is 0.340 e. The molecule has 1 aromatic heterocycles. The number of ether oxygens (including phenoxy) is 2. The van der Waals surface area contributed by atoms with Crippen LogP contribution in [0.5, 0.6) is 11.6 Å². The summed E-state index contributed by atoms with van der Waals surface area (Å²) in [5.41, 5.74) is 2.90. The van der Waals surface area contributed by atoms with E-state index < -0.39 is 0 Å². The second-order valence-corrected chi connectivity index (χ2v) is 9.01. The Morgan fingerprint density at radius 2 is 1.94 bits per heavy atom. The van der Waals surface area contributed by atoms with Crippen LogP contribution in [0.25, 0.3) is 0 Å². The Morgan fingerprint density at radius 3 is 2.69 bits per heavy atom. The molecule has 4 rings (SSSR count). The van der Waals surface area contributed by atoms with Gasteiger partial charge in [0.05, 0.1) is 18.4 Å². The van der Waals surface area contributed by atoms with Crippen LogP contribution in [-0.4, -0.2) is 36.5 Å². The number of amides is 2. The van der Waals surface area contributed by atoms with Crippen molar-refractivity contribution in [2.24, 2.45) is 16.8 Å². The average Bonchev–Trinajstić information content (AvgIpc) is 3.63. The topological polar surface area (TPSA) is 72.8 Å². The molecule has 6 nitrogen and oxygen atoms in total. The van der Waals surface area contributed by atoms with E-state index in [1.54, 1.807) is 7.05 Å². The standard InChI is InChI=1S/C26H33N3O3/c1-18(29-26(30)27-2)22-8-10-23(11-9-22)32-24-5-3-4-20(15-24)14-21-12-13-28-25(16-21)31-17-19-6-7-19/h8-13,16,19-20,24H,3-7,14-15,17H2,1-2H3,(H,27,30). The molecule has 0 radical (unpaired) electrons. The van der Waals surface area contributed by atoms with Crippen LogP contribution in [0.3, 0.4) is 0 Å². The largest absolute Gasteiger partial charge is 0.490 e. The van der Waals surface area contributed by atoms with Gasteiger partial charge in [0.15, 0.2) is 0 Å². The van der Waals surface area contributed by atoms with Crippen LogP contribution in [0, 0.1) is 11.8 Å². The van der Waals surface area contributed by atoms with E-state index in [2.05, 4.69) is 27.4 Å². The Hall–Kier alpha value is -2.89. The maximum absolute atomic E-state index is 11.4. The van der Waals surface area contributed by atoms with E-state index in [0.717, 1.165) is 49.0 Å². The maximum atomic E-state index is 11.4. The van der Waals surface area contributed by atoms with Gasteiger partial charge < -0.3 is 14.8 Å². The van der Waals surface area contributed by atoms with Crippen molar-refractivity contribution >= 4 is 11.7 Å². The van der Waals surface area contributed by atoms with Gasteiger partial charge in [0.25, 0.3) is 0 Å². The number of carbonyl (C=O) groups excluding carboxylic acids is 1. The second-order valence-electron chi connectivity index (χ2n) is 9.01. The minimum absolute atomic E-state index is 0.229. The Labute approximate surface area is 190 Å². The first kappa shape index (κ1) is 22.3. The van der Waals surface area contributed by atoms with Crippen LogP contribution in [-0.2, 0) is 6.42 Å². The molecule has 1 aromatic carbocycles. The van der Waals surface area contributed by atoms with Crippen LogP contribution in [0.1, 0.15) is 56.6 Å². The highest BCUT2D eigenvalue weighted by molar-refractivity contribution is 6.04. The van der Waals surface area contributed by atoms with Crippen LogP contribution >= 0.6 is 0 Å². The number of hydrogen-bond donors (Lipinski definition) is 1. The summed E-state index contributed by atoms with van der Waals surface area (Å²) in [6.07, 6.45) is 10.3. The summed E-state index contributed by atoms with van der Waals surface area (Å²) >= 11 is 0. The van der Waals surface area contributed by atoms with Gasteiger partial charge in [-0.3, -0.25) is 0 Å². The van der Waals surface area contributed by atoms with E-state index in [9.17, 15) is 4.79 Å². The molecule has 2 aromatic rings. The minimum Gasteiger partial charge on any atom is -0.490 e. The summed E-state index contributed by atoms with van der Waals surface area (Å²) in [4.78, 5) is 19.8. The summed E-state index contributed by atoms with van der Waals surface area (Å²) in [5.74, 6) is 2.96. The number of benzene rings is 1. The molecule has 2 unspecified atom stereocenters. The molecule has 2 aliphatic rings. The lowest BCUT2D eigenvalue weighted by Crippen LogP contribution is -2.26. The van der Waals surface area contributed by atoms with Crippen molar-refractivity contribution in [3.05, 3.63) is 53.7 Å². The van der Waals surface area contributed by atoms with Crippen molar-refractivity contribution in [3.63, 3.8) is 0 Å². The van der Waals surface area contributed by atoms with E-state index in [4.69, 9.17) is 9.47 Å². The van der Waals surface area contributed by atoms with E-state index in [-0.39, 0.29) is 12.1 Å². The fourth-order valence-electron chi connectivity index (χ4n) is 4.25. The summed E-state index contributed by atoms with van der Waals surface area (Å²) in [6.45, 7) is 2.63. The molecule has 2 saturated carbocycles. The van der Waals surface area contributed by atoms with Gasteiger partial charge in [-0.05, 0) is 105 Å². The van der Waals surface area contributed by atoms with Gasteiger partial charge >= 0.3 is 6.03 Å². The van der Waals surface area contributed by atoms with Crippen LogP contribution in [0.4, 0.5) is 4.79 Å². The third kappa shape index (κ3) is 6.55. The van der Waals surface area contributed by atoms with Gasteiger partial charge in [-0.1, -0.05) is 0 Å². The predicted octanol–water partition coefficient (Wildman–Crippen LogP) is 5.20. The third-order valence-corrected chi connectivity index (χ3v) is 6.28. The zero-order chi connectivity index (χ0) is 22.3. The lowest BCUT2D eigenvalue weighted by molar-refractivity contribution is 0.123. The lowest BCUT2D eigenvalue weighted by atomic mass is 9.83. The Kier molecular flexibility index (Phi) is 7.40. The number of carbonyl (C=O) groups is 1. The SMILES string of the molecule is CNC(=O)N=C(C)c1ccc(OC2CCCC(Cc3ccnc(OCC4CC4)c3)C2)cc1. The molecule has 0 spiro atoms. The van der Waals surface area contributed by atoms with Crippen molar-refractivity contribution in [3.8, 4) is 11.6 Å². The first-order valence-corrected chi connectivity index (χ1v) is 11.7. The van der Waals surface area contributed by atoms with E-state index in [1.165, 1.54) is 31.2 Å². The van der Waals surface area contributed by atoms with Crippen LogP contribution in [0.15, 0.2) is 47.6 Å². The molecule has 2 fully saturated rings. The Morgan fingerprint density at radius 1 is 1.12 bits per heavy atom. The average molecular weight is 436 g/mol. The van der Waals surface area contributed by atoms with Gasteiger partial charge in [-0.2, -0.15) is 4.99 Å². The minimum atomic E-state index is -0.341. The van der Waals surface area contributed by atoms with E-state index in [1.807, 2.05) is 37.4 Å². The van der Waals surface area contributed by atoms with Gasteiger partial charge in [0, 0.05) is 19.3 Å². The zero-order valence-electron chi connectivity index (χ0n) is 19.0. The summed E-state index contributed by atoms with van der Waals surface area (Å²) in [7, 11) is 1.57. The molecule has 0 aliphatic heterocycles. The fourth-order valence-corrected chi connectivity index (χ4v) is 4.25. The van der Waals surface area contributed by atoms with Gasteiger partial charge in [0.1, 0.15) is 5.75 Å². The summed E-state index contributed by atoms with van der Waals surface area (Å²) in [6, 6.07) is 11.7. The molecule has 2 aliphatic carbocycles. The number of hydrogen-bond acceptors (Lipinski definition) is 4. The second kappa shape index (κ2) is 10.6. The molecule has 0 bridgehead atoms. The summed E-state index contributed by atoms with van der Waals surface area (Å²) < 4.78 is 12.1. The van der Waals surface area contributed by atoms with Crippen molar-refractivity contribution in [1.82, 2.24) is 10.3 Å². The van der Waals surface area contributed by atoms with Gasteiger partial charge in [-0.15, -0.1) is 0 Å². The van der Waals surface area contributed by atoms with Crippen molar-refractivity contribution < 1.29 is 14.3 Å². The Balaban J connectivity index is 1.30. The molecule has 0 saturated heterocycles. The molecule has 1 N–H and O–H groups in total. The van der Waals surface area contributed by atoms with Crippen molar-refractivity contribution in [2.45, 2.75) is 58.0 Å². The molecular formula is C26H33N3O3. The molecule has 170 valence electrons. The van der Waals surface area contributed by atoms with E-state index >= 15 is 0 Å². The number of aromatic nitrogens is 1. The smallest absolute Gasteiger partial charge is 0.340 e. The number of nitrogens with one attached hydrogen (secondary N) is 1. The van der Waals surface area contributed by atoms with Gasteiger partial charge in [-0.25, -0.2) is 9.78 Å². The van der Waals surface area contributed by atoms with Gasteiger partial charge in [0.2, 0.25) is 5.88 Å². The third-order valence-electron chi connectivity index (χ3n) is 6.28.